The highest BCUT2D eigenvalue weighted by molar-refractivity contribution is 5.22. The van der Waals surface area contributed by atoms with E-state index in [9.17, 15) is 0 Å². The van der Waals surface area contributed by atoms with Crippen molar-refractivity contribution in [3.8, 4) is 0 Å². The summed E-state index contributed by atoms with van der Waals surface area (Å²) in [6, 6.07) is 8.72. The molecule has 104 valence electrons. The molecule has 0 aromatic heterocycles. The summed E-state index contributed by atoms with van der Waals surface area (Å²) in [5.41, 5.74) is 10.9. The van der Waals surface area contributed by atoms with Crippen LogP contribution in [0.2, 0.25) is 0 Å². The van der Waals surface area contributed by atoms with Crippen molar-refractivity contribution in [1.29, 1.82) is 0 Å². The van der Waals surface area contributed by atoms with Crippen LogP contribution in [0.25, 0.3) is 10.4 Å². The Labute approximate surface area is 116 Å². The molecule has 1 rings (SSSR count). The van der Waals surface area contributed by atoms with Gasteiger partial charge in [-0.3, -0.25) is 0 Å². The predicted molar refractivity (Wildman–Crippen MR) is 79.7 cm³/mol. The van der Waals surface area contributed by atoms with E-state index in [0.717, 1.165) is 17.4 Å². The van der Waals surface area contributed by atoms with Gasteiger partial charge in [0.05, 0.1) is 19.6 Å². The van der Waals surface area contributed by atoms with Crippen LogP contribution >= 0.6 is 0 Å². The van der Waals surface area contributed by atoms with E-state index < -0.39 is 0 Å². The number of hydrogen-bond acceptors (Lipinski definition) is 1. The van der Waals surface area contributed by atoms with E-state index >= 15 is 0 Å². The van der Waals surface area contributed by atoms with Crippen molar-refractivity contribution in [3.05, 3.63) is 45.8 Å². The zero-order valence-electron chi connectivity index (χ0n) is 12.3. The van der Waals surface area contributed by atoms with Crippen molar-refractivity contribution in [2.75, 3.05) is 26.2 Å². The molecule has 0 fully saturated rings. The molecule has 0 atom stereocenters. The number of hydrogen-bond donors (Lipinski definition) is 0. The Morgan fingerprint density at radius 3 is 2.00 bits per heavy atom. The molecule has 0 aliphatic heterocycles. The monoisotopic (exact) mass is 261 g/mol. The summed E-state index contributed by atoms with van der Waals surface area (Å²) < 4.78 is 1.14. The fourth-order valence-corrected chi connectivity index (χ4v) is 2.43. The van der Waals surface area contributed by atoms with Gasteiger partial charge in [-0.1, -0.05) is 29.4 Å². The zero-order valence-corrected chi connectivity index (χ0v) is 12.3. The number of quaternary nitrogens is 1. The van der Waals surface area contributed by atoms with E-state index in [1.54, 1.807) is 0 Å². The van der Waals surface area contributed by atoms with Crippen molar-refractivity contribution in [2.45, 2.75) is 33.7 Å². The lowest BCUT2D eigenvalue weighted by Crippen LogP contribution is -2.46. The van der Waals surface area contributed by atoms with Gasteiger partial charge >= 0.3 is 0 Å². The average molecular weight is 261 g/mol. The molecule has 0 spiro atoms. The Bertz CT molecular complexity index is 406. The van der Waals surface area contributed by atoms with Gasteiger partial charge in [0.1, 0.15) is 6.54 Å². The van der Waals surface area contributed by atoms with Crippen LogP contribution < -0.4 is 0 Å². The minimum atomic E-state index is 0.536. The molecule has 0 unspecified atom stereocenters. The second-order valence-electron chi connectivity index (χ2n) is 4.97. The number of benzene rings is 1. The number of rotatable bonds is 8. The Morgan fingerprint density at radius 2 is 1.53 bits per heavy atom. The van der Waals surface area contributed by atoms with Gasteiger partial charge < -0.3 is 4.48 Å². The molecule has 1 aromatic rings. The summed E-state index contributed by atoms with van der Waals surface area (Å²) in [6.07, 6.45) is 0.819. The van der Waals surface area contributed by atoms with Gasteiger partial charge in [-0.25, -0.2) is 0 Å². The number of nitrogens with zero attached hydrogens (tertiary/aromatic N) is 4. The van der Waals surface area contributed by atoms with Crippen molar-refractivity contribution in [3.63, 3.8) is 0 Å². The van der Waals surface area contributed by atoms with E-state index in [1.165, 1.54) is 30.8 Å². The fourth-order valence-electron chi connectivity index (χ4n) is 2.43. The predicted octanol–water partition coefficient (Wildman–Crippen LogP) is 3.92. The molecule has 0 bridgehead atoms. The van der Waals surface area contributed by atoms with Crippen LogP contribution in [-0.4, -0.2) is 30.7 Å². The highest BCUT2D eigenvalue weighted by Crippen LogP contribution is 2.15. The first-order valence-corrected chi connectivity index (χ1v) is 7.13. The van der Waals surface area contributed by atoms with Crippen molar-refractivity contribution in [2.24, 2.45) is 5.11 Å². The molecule has 19 heavy (non-hydrogen) atoms. The Morgan fingerprint density at radius 1 is 1.00 bits per heavy atom. The molecule has 0 saturated heterocycles. The second kappa shape index (κ2) is 7.82. The molecule has 0 aliphatic carbocycles. The van der Waals surface area contributed by atoms with Crippen LogP contribution in [-0.2, 0) is 13.0 Å². The first kappa shape index (κ1) is 15.5. The Hall–Kier alpha value is -1.51. The largest absolute Gasteiger partial charge is 0.321 e. The van der Waals surface area contributed by atoms with Crippen LogP contribution in [0.4, 0.5) is 0 Å². The molecule has 0 saturated carbocycles. The average Bonchev–Trinajstić information content (AvgIpc) is 2.47. The molecule has 0 heterocycles. The lowest BCUT2D eigenvalue weighted by atomic mass is 10.1. The highest BCUT2D eigenvalue weighted by Gasteiger charge is 2.20. The van der Waals surface area contributed by atoms with Crippen LogP contribution in [0.15, 0.2) is 29.4 Å². The maximum atomic E-state index is 8.25. The van der Waals surface area contributed by atoms with Gasteiger partial charge in [0, 0.05) is 17.0 Å². The summed E-state index contributed by atoms with van der Waals surface area (Å²) in [6.45, 7) is 11.9. The first-order chi connectivity index (χ1) is 9.19. The van der Waals surface area contributed by atoms with E-state index in [4.69, 9.17) is 5.53 Å². The lowest BCUT2D eigenvalue weighted by Gasteiger charge is -2.35. The van der Waals surface area contributed by atoms with Gasteiger partial charge in [0.15, 0.2) is 0 Å². The summed E-state index contributed by atoms with van der Waals surface area (Å²) in [5, 5.41) is 3.57. The van der Waals surface area contributed by atoms with Gasteiger partial charge in [0.2, 0.25) is 0 Å². The summed E-state index contributed by atoms with van der Waals surface area (Å²) in [4.78, 5) is 2.77. The summed E-state index contributed by atoms with van der Waals surface area (Å²) in [5.74, 6) is 0. The van der Waals surface area contributed by atoms with Crippen LogP contribution in [0.5, 0.6) is 0 Å². The van der Waals surface area contributed by atoms with E-state index in [2.05, 4.69) is 55.1 Å². The molecular formula is C15H25N4+. The molecule has 1 aromatic carbocycles. The summed E-state index contributed by atoms with van der Waals surface area (Å²) in [7, 11) is 0. The first-order valence-electron chi connectivity index (χ1n) is 7.13. The molecular weight excluding hydrogens is 236 g/mol. The van der Waals surface area contributed by atoms with Gasteiger partial charge in [-0.2, -0.15) is 0 Å². The third kappa shape index (κ3) is 4.58. The molecule has 0 aliphatic rings. The third-order valence-corrected chi connectivity index (χ3v) is 4.12. The molecule has 4 nitrogen and oxygen atoms in total. The summed E-state index contributed by atoms with van der Waals surface area (Å²) >= 11 is 0. The zero-order chi connectivity index (χ0) is 14.1. The van der Waals surface area contributed by atoms with E-state index in [0.29, 0.717) is 6.54 Å². The smallest absolute Gasteiger partial charge is 0.104 e. The molecule has 4 heteroatoms. The SMILES string of the molecule is CC[N+](CC)(CC)Cc1ccc(CCN=[N+]=[N-])cc1. The van der Waals surface area contributed by atoms with Crippen molar-refractivity contribution in [1.82, 2.24) is 0 Å². The normalized spacial score (nSPS) is 11.1. The van der Waals surface area contributed by atoms with Crippen LogP contribution in [0.3, 0.4) is 0 Å². The van der Waals surface area contributed by atoms with Crippen molar-refractivity contribution >= 4 is 0 Å². The quantitative estimate of drug-likeness (QED) is 0.295. The standard InChI is InChI=1S/C15H25N4/c1-4-19(5-2,6-3)13-15-9-7-14(8-10-15)11-12-17-18-16/h7-10H,4-6,11-13H2,1-3H3/q+1. The molecule has 0 amide bonds. The Kier molecular flexibility index (Phi) is 6.40. The number of azide groups is 1. The minimum Gasteiger partial charge on any atom is -0.321 e. The topological polar surface area (TPSA) is 48.8 Å². The third-order valence-electron chi connectivity index (χ3n) is 4.12. The van der Waals surface area contributed by atoms with Gasteiger partial charge in [-0.15, -0.1) is 0 Å². The van der Waals surface area contributed by atoms with Crippen LogP contribution in [0, 0.1) is 0 Å². The van der Waals surface area contributed by atoms with E-state index in [-0.39, 0.29) is 0 Å². The highest BCUT2D eigenvalue weighted by atomic mass is 15.3. The maximum absolute atomic E-state index is 8.25. The van der Waals surface area contributed by atoms with E-state index in [1.807, 2.05) is 0 Å². The fraction of sp³-hybridized carbons (Fsp3) is 0.600. The van der Waals surface area contributed by atoms with Crippen LogP contribution in [0.1, 0.15) is 31.9 Å². The van der Waals surface area contributed by atoms with Crippen molar-refractivity contribution < 1.29 is 4.48 Å². The Balaban J connectivity index is 2.67. The van der Waals surface area contributed by atoms with Gasteiger partial charge in [-0.05, 0) is 38.3 Å². The molecule has 0 N–H and O–H groups in total. The maximum Gasteiger partial charge on any atom is 0.104 e. The lowest BCUT2D eigenvalue weighted by molar-refractivity contribution is -0.936. The minimum absolute atomic E-state index is 0.536. The van der Waals surface area contributed by atoms with Gasteiger partial charge in [0.25, 0.3) is 0 Å². The second-order valence-corrected chi connectivity index (χ2v) is 4.97. The molecule has 0 radical (unpaired) electrons.